The number of carbonyl (C=O) groups excluding carboxylic acids is 1. The van der Waals surface area contributed by atoms with Crippen LogP contribution < -0.4 is 9.64 Å². The van der Waals surface area contributed by atoms with E-state index in [4.69, 9.17) is 4.74 Å². The molecule has 1 aromatic heterocycles. The topological polar surface area (TPSA) is 85.6 Å². The van der Waals surface area contributed by atoms with Crippen molar-refractivity contribution < 1.29 is 18.8 Å². The molecular weight excluding hydrogens is 317 g/mol. The minimum Gasteiger partial charge on any atom is -0.471 e. The van der Waals surface area contributed by atoms with E-state index < -0.39 is 22.3 Å². The Kier molecular flexibility index (Phi) is 3.88. The molecule has 0 spiro atoms. The van der Waals surface area contributed by atoms with Crippen molar-refractivity contribution in [1.82, 2.24) is 4.98 Å². The number of ether oxygens (including phenoxy) is 1. The molecule has 0 aliphatic carbocycles. The molecule has 0 radical (unpaired) electrons. The predicted octanol–water partition coefficient (Wildman–Crippen LogP) is 2.87. The van der Waals surface area contributed by atoms with E-state index in [1.165, 1.54) is 18.0 Å². The average Bonchev–Trinajstić information content (AvgIpc) is 2.52. The zero-order chi connectivity index (χ0) is 17.4. The smallest absolute Gasteiger partial charge is 0.285 e. The summed E-state index contributed by atoms with van der Waals surface area (Å²) < 4.78 is 19.3. The monoisotopic (exact) mass is 331 g/mol. The van der Waals surface area contributed by atoms with Gasteiger partial charge in [0.15, 0.2) is 0 Å². The molecule has 0 bridgehead atoms. The summed E-state index contributed by atoms with van der Waals surface area (Å²) >= 11 is 0. The van der Waals surface area contributed by atoms with Gasteiger partial charge in [-0.2, -0.15) is 0 Å². The van der Waals surface area contributed by atoms with Gasteiger partial charge in [0.25, 0.3) is 11.6 Å². The minimum absolute atomic E-state index is 0.0936. The van der Waals surface area contributed by atoms with E-state index >= 15 is 0 Å². The van der Waals surface area contributed by atoms with Gasteiger partial charge in [-0.15, -0.1) is 0 Å². The lowest BCUT2D eigenvalue weighted by Crippen LogP contribution is -2.42. The Labute approximate surface area is 136 Å². The number of carbonyl (C=O) groups is 1. The largest absolute Gasteiger partial charge is 0.471 e. The van der Waals surface area contributed by atoms with Crippen LogP contribution in [0.5, 0.6) is 5.88 Å². The van der Waals surface area contributed by atoms with Crippen LogP contribution in [-0.4, -0.2) is 28.5 Å². The van der Waals surface area contributed by atoms with Crippen LogP contribution in [0.15, 0.2) is 30.5 Å². The van der Waals surface area contributed by atoms with Gasteiger partial charge in [-0.05, 0) is 38.1 Å². The molecule has 1 atom stereocenters. The Morgan fingerprint density at radius 1 is 1.50 bits per heavy atom. The second kappa shape index (κ2) is 5.88. The summed E-state index contributed by atoms with van der Waals surface area (Å²) in [5, 5.41) is 11.3. The van der Waals surface area contributed by atoms with Gasteiger partial charge in [-0.25, -0.2) is 9.37 Å². The van der Waals surface area contributed by atoms with Crippen molar-refractivity contribution in [3.8, 4) is 5.88 Å². The molecule has 7 nitrogen and oxygen atoms in total. The van der Waals surface area contributed by atoms with Gasteiger partial charge in [-0.3, -0.25) is 19.8 Å². The van der Waals surface area contributed by atoms with Crippen LogP contribution in [0.2, 0.25) is 0 Å². The fraction of sp³-hybridized carbons (Fsp3) is 0.250. The van der Waals surface area contributed by atoms with Crippen LogP contribution in [0.4, 0.5) is 15.8 Å². The highest BCUT2D eigenvalue weighted by Crippen LogP contribution is 2.34. The number of benzene rings is 1. The fourth-order valence-corrected chi connectivity index (χ4v) is 2.74. The zero-order valence-corrected chi connectivity index (χ0v) is 13.0. The van der Waals surface area contributed by atoms with Crippen molar-refractivity contribution in [2.45, 2.75) is 20.0 Å². The van der Waals surface area contributed by atoms with E-state index in [0.29, 0.717) is 5.69 Å². The summed E-state index contributed by atoms with van der Waals surface area (Å²) in [5.41, 5.74) is -0.194. The van der Waals surface area contributed by atoms with Crippen molar-refractivity contribution in [3.05, 3.63) is 57.5 Å². The molecule has 0 N–H and O–H groups in total. The van der Waals surface area contributed by atoms with Crippen LogP contribution in [0.3, 0.4) is 0 Å². The number of nitrogens with zero attached hydrogens (tertiary/aromatic N) is 3. The first-order chi connectivity index (χ1) is 11.4. The molecule has 0 saturated heterocycles. The SMILES string of the molecule is Cc1cc(F)cc(C(=O)N2CC(C)Oc3ncccc32)c1[N+](=O)[O-]. The van der Waals surface area contributed by atoms with Crippen LogP contribution >= 0.6 is 0 Å². The number of amides is 1. The predicted molar refractivity (Wildman–Crippen MR) is 83.8 cm³/mol. The first kappa shape index (κ1) is 15.9. The van der Waals surface area contributed by atoms with Gasteiger partial charge in [0.2, 0.25) is 5.88 Å². The van der Waals surface area contributed by atoms with Gasteiger partial charge in [-0.1, -0.05) is 0 Å². The van der Waals surface area contributed by atoms with E-state index in [2.05, 4.69) is 4.98 Å². The maximum Gasteiger partial charge on any atom is 0.285 e. The molecule has 0 fully saturated rings. The Morgan fingerprint density at radius 3 is 2.96 bits per heavy atom. The quantitative estimate of drug-likeness (QED) is 0.624. The normalized spacial score (nSPS) is 16.3. The fourth-order valence-electron chi connectivity index (χ4n) is 2.74. The molecule has 2 aromatic rings. The number of anilines is 1. The van der Waals surface area contributed by atoms with Crippen molar-refractivity contribution >= 4 is 17.3 Å². The Hall–Kier alpha value is -3.03. The number of halogens is 1. The molecule has 2 heterocycles. The highest BCUT2D eigenvalue weighted by molar-refractivity contribution is 6.09. The molecule has 1 amide bonds. The number of aromatic nitrogens is 1. The Morgan fingerprint density at radius 2 is 2.25 bits per heavy atom. The summed E-state index contributed by atoms with van der Waals surface area (Å²) in [4.78, 5) is 29.0. The molecule has 1 aromatic carbocycles. The van der Waals surface area contributed by atoms with Crippen LogP contribution in [0, 0.1) is 22.9 Å². The number of pyridine rings is 1. The molecule has 0 saturated carbocycles. The van der Waals surface area contributed by atoms with Crippen molar-refractivity contribution in [2.75, 3.05) is 11.4 Å². The van der Waals surface area contributed by atoms with Crippen LogP contribution in [-0.2, 0) is 0 Å². The van der Waals surface area contributed by atoms with E-state index in [1.807, 2.05) is 0 Å². The van der Waals surface area contributed by atoms with Gasteiger partial charge in [0.1, 0.15) is 23.2 Å². The number of fused-ring (bicyclic) bond motifs is 1. The summed E-state index contributed by atoms with van der Waals surface area (Å²) in [5.74, 6) is -1.09. The van der Waals surface area contributed by atoms with Gasteiger partial charge in [0.05, 0.1) is 11.5 Å². The second-order valence-corrected chi connectivity index (χ2v) is 5.55. The molecule has 1 aliphatic rings. The first-order valence-electron chi connectivity index (χ1n) is 7.26. The summed E-state index contributed by atoms with van der Waals surface area (Å²) in [7, 11) is 0. The van der Waals surface area contributed by atoms with Crippen LogP contribution in [0.25, 0.3) is 0 Å². The number of hydrogen-bond donors (Lipinski definition) is 0. The highest BCUT2D eigenvalue weighted by atomic mass is 19.1. The lowest BCUT2D eigenvalue weighted by molar-refractivity contribution is -0.385. The number of rotatable bonds is 2. The first-order valence-corrected chi connectivity index (χ1v) is 7.26. The lowest BCUT2D eigenvalue weighted by Gasteiger charge is -2.32. The van der Waals surface area contributed by atoms with E-state index in [-0.39, 0.29) is 29.7 Å². The lowest BCUT2D eigenvalue weighted by atomic mass is 10.1. The third-order valence-corrected chi connectivity index (χ3v) is 3.72. The van der Waals surface area contributed by atoms with Crippen molar-refractivity contribution in [3.63, 3.8) is 0 Å². The molecule has 1 unspecified atom stereocenters. The number of hydrogen-bond acceptors (Lipinski definition) is 5. The van der Waals surface area contributed by atoms with Gasteiger partial charge < -0.3 is 4.74 Å². The van der Waals surface area contributed by atoms with E-state index in [1.54, 1.807) is 19.1 Å². The summed E-state index contributed by atoms with van der Waals surface area (Å²) in [6, 6.07) is 5.18. The third-order valence-electron chi connectivity index (χ3n) is 3.72. The number of nitro benzene ring substituents is 1. The molecule has 8 heteroatoms. The molecule has 1 aliphatic heterocycles. The summed E-state index contributed by atoms with van der Waals surface area (Å²) in [6.45, 7) is 3.34. The van der Waals surface area contributed by atoms with Crippen molar-refractivity contribution in [1.29, 1.82) is 0 Å². The van der Waals surface area contributed by atoms with Gasteiger partial charge >= 0.3 is 0 Å². The van der Waals surface area contributed by atoms with Crippen molar-refractivity contribution in [2.24, 2.45) is 0 Å². The molecule has 24 heavy (non-hydrogen) atoms. The summed E-state index contributed by atoms with van der Waals surface area (Å²) in [6.07, 6.45) is 1.18. The highest BCUT2D eigenvalue weighted by Gasteiger charge is 2.33. The second-order valence-electron chi connectivity index (χ2n) is 5.55. The van der Waals surface area contributed by atoms with Crippen LogP contribution in [0.1, 0.15) is 22.8 Å². The molecule has 3 rings (SSSR count). The zero-order valence-electron chi connectivity index (χ0n) is 13.0. The maximum atomic E-state index is 13.7. The van der Waals surface area contributed by atoms with E-state index in [9.17, 15) is 19.3 Å². The minimum atomic E-state index is -0.700. The molecule has 124 valence electrons. The standard InChI is InChI=1S/C16H14FN3O4/c1-9-6-11(17)7-12(14(9)20(22)23)16(21)19-8-10(2)24-15-13(19)4-3-5-18-15/h3-7,10H,8H2,1-2H3. The Bertz CT molecular complexity index is 840. The third kappa shape index (κ3) is 2.66. The molecular formula is C16H14FN3O4. The maximum absolute atomic E-state index is 13.7. The average molecular weight is 331 g/mol. The van der Waals surface area contributed by atoms with Gasteiger partial charge in [0, 0.05) is 11.8 Å². The Balaban J connectivity index is 2.12. The van der Waals surface area contributed by atoms with E-state index in [0.717, 1.165) is 12.1 Å². The number of aryl methyl sites for hydroxylation is 1. The number of nitro groups is 1.